The van der Waals surface area contributed by atoms with Crippen molar-refractivity contribution in [1.29, 1.82) is 5.41 Å². The minimum Gasteiger partial charge on any atom is -0.478 e. The van der Waals surface area contributed by atoms with Crippen molar-refractivity contribution < 1.29 is 23.4 Å². The van der Waals surface area contributed by atoms with Gasteiger partial charge in [-0.05, 0) is 6.92 Å². The molecule has 74 valence electrons. The van der Waals surface area contributed by atoms with Crippen LogP contribution in [-0.4, -0.2) is 30.0 Å². The summed E-state index contributed by atoms with van der Waals surface area (Å²) in [7, 11) is 0. The molecule has 0 radical (unpaired) electrons. The molecule has 0 aromatic carbocycles. The highest BCUT2D eigenvalue weighted by atomic mass is 19.3. The quantitative estimate of drug-likeness (QED) is 0.401. The molecule has 0 aromatic heterocycles. The number of halogens is 2. The lowest BCUT2D eigenvalue weighted by Gasteiger charge is -2.06. The van der Waals surface area contributed by atoms with E-state index >= 15 is 0 Å². The fraction of sp³-hybridized carbons (Fsp3) is 0.429. The second-order valence-electron chi connectivity index (χ2n) is 2.04. The van der Waals surface area contributed by atoms with Crippen molar-refractivity contribution in [2.75, 3.05) is 6.61 Å². The van der Waals surface area contributed by atoms with Crippen LogP contribution in [0.1, 0.15) is 6.92 Å². The fourth-order valence-electron chi connectivity index (χ4n) is 0.576. The summed E-state index contributed by atoms with van der Waals surface area (Å²) in [6.45, 7) is 0.410. The van der Waals surface area contributed by atoms with Gasteiger partial charge in [-0.2, -0.15) is 0 Å². The summed E-state index contributed by atoms with van der Waals surface area (Å²) in [5.74, 6) is -2.13. The molecule has 4 nitrogen and oxygen atoms in total. The van der Waals surface area contributed by atoms with Gasteiger partial charge in [0, 0.05) is 0 Å². The van der Waals surface area contributed by atoms with E-state index in [4.69, 9.17) is 10.5 Å². The monoisotopic (exact) mass is 193 g/mol. The molecular weight excluding hydrogens is 184 g/mol. The smallest absolute Gasteiger partial charge is 0.340 e. The van der Waals surface area contributed by atoms with E-state index in [-0.39, 0.29) is 0 Å². The van der Waals surface area contributed by atoms with Gasteiger partial charge in [0.25, 0.3) is 6.43 Å². The molecule has 0 aliphatic heterocycles. The number of carbonyl (C=O) groups is 1. The molecule has 0 rings (SSSR count). The Morgan fingerprint density at radius 3 is 2.54 bits per heavy atom. The Morgan fingerprint density at radius 2 is 2.23 bits per heavy atom. The molecule has 0 atom stereocenters. The van der Waals surface area contributed by atoms with Gasteiger partial charge in [-0.15, -0.1) is 0 Å². The van der Waals surface area contributed by atoms with E-state index in [2.05, 4.69) is 4.74 Å². The second kappa shape index (κ2) is 5.23. The van der Waals surface area contributed by atoms with Gasteiger partial charge in [-0.3, -0.25) is 5.41 Å². The normalized spacial score (nSPS) is 11.5. The molecule has 0 unspecified atom stereocenters. The average molecular weight is 193 g/mol. The van der Waals surface area contributed by atoms with Crippen LogP contribution in [-0.2, 0) is 9.53 Å². The van der Waals surface area contributed by atoms with E-state index in [9.17, 15) is 13.6 Å². The van der Waals surface area contributed by atoms with E-state index in [0.29, 0.717) is 0 Å². The van der Waals surface area contributed by atoms with Gasteiger partial charge in [0.05, 0.1) is 0 Å². The van der Waals surface area contributed by atoms with Gasteiger partial charge < -0.3 is 9.84 Å². The summed E-state index contributed by atoms with van der Waals surface area (Å²) in [5, 5.41) is 15.4. The first-order valence-electron chi connectivity index (χ1n) is 3.38. The predicted molar refractivity (Wildman–Crippen MR) is 41.1 cm³/mol. The molecule has 0 saturated carbocycles. The third-order valence-corrected chi connectivity index (χ3v) is 1.12. The van der Waals surface area contributed by atoms with Crippen molar-refractivity contribution >= 4 is 11.9 Å². The third kappa shape index (κ3) is 4.19. The standard InChI is InChI=1S/C7H9F2NO3/c1-2-4(7(11)12)6(10)13-3-5(8)9/h2,5,10H,3H2,1H3,(H,11,12). The molecular formula is C7H9F2NO3. The lowest BCUT2D eigenvalue weighted by atomic mass is 10.2. The zero-order valence-electron chi connectivity index (χ0n) is 6.88. The Labute approximate surface area is 73.3 Å². The summed E-state index contributed by atoms with van der Waals surface area (Å²) in [6.07, 6.45) is -1.61. The zero-order chi connectivity index (χ0) is 10.4. The SMILES string of the molecule is CC=C(C(=N)OCC(F)F)C(=O)O. The molecule has 0 heterocycles. The summed E-state index contributed by atoms with van der Waals surface area (Å²) in [4.78, 5) is 10.3. The predicted octanol–water partition coefficient (Wildman–Crippen LogP) is 1.28. The topological polar surface area (TPSA) is 70.4 Å². The van der Waals surface area contributed by atoms with E-state index in [0.717, 1.165) is 6.08 Å². The molecule has 0 fully saturated rings. The average Bonchev–Trinajstić information content (AvgIpc) is 2.01. The first kappa shape index (κ1) is 11.5. The maximum atomic E-state index is 11.6. The molecule has 0 aromatic rings. The van der Waals surface area contributed by atoms with Crippen LogP contribution in [0.4, 0.5) is 8.78 Å². The van der Waals surface area contributed by atoms with Crippen LogP contribution in [0.3, 0.4) is 0 Å². The number of ether oxygens (including phenoxy) is 1. The molecule has 0 saturated heterocycles. The van der Waals surface area contributed by atoms with Gasteiger partial charge in [-0.1, -0.05) is 6.08 Å². The largest absolute Gasteiger partial charge is 0.478 e. The van der Waals surface area contributed by atoms with Crippen molar-refractivity contribution in [1.82, 2.24) is 0 Å². The van der Waals surface area contributed by atoms with Gasteiger partial charge in [0.2, 0.25) is 5.90 Å². The number of hydrogen-bond acceptors (Lipinski definition) is 3. The van der Waals surface area contributed by atoms with Gasteiger partial charge in [-0.25, -0.2) is 13.6 Å². The number of carboxylic acids is 1. The highest BCUT2D eigenvalue weighted by Crippen LogP contribution is 2.01. The molecule has 6 heteroatoms. The summed E-state index contributed by atoms with van der Waals surface area (Å²) in [5.41, 5.74) is -0.430. The number of carboxylic acid groups (broad SMARTS) is 1. The second-order valence-corrected chi connectivity index (χ2v) is 2.04. The highest BCUT2D eigenvalue weighted by molar-refractivity contribution is 6.14. The summed E-state index contributed by atoms with van der Waals surface area (Å²) in [6, 6.07) is 0. The Kier molecular flexibility index (Phi) is 4.64. The van der Waals surface area contributed by atoms with Crippen LogP contribution >= 0.6 is 0 Å². The molecule has 13 heavy (non-hydrogen) atoms. The molecule has 0 spiro atoms. The summed E-state index contributed by atoms with van der Waals surface area (Å²) >= 11 is 0. The molecule has 0 aliphatic rings. The highest BCUT2D eigenvalue weighted by Gasteiger charge is 2.15. The van der Waals surface area contributed by atoms with E-state index in [1.165, 1.54) is 6.92 Å². The molecule has 0 bridgehead atoms. The van der Waals surface area contributed by atoms with Crippen LogP contribution in [0.2, 0.25) is 0 Å². The Bertz CT molecular complexity index is 238. The third-order valence-electron chi connectivity index (χ3n) is 1.12. The molecule has 0 amide bonds. The number of alkyl halides is 2. The van der Waals surface area contributed by atoms with Crippen LogP contribution in [0.5, 0.6) is 0 Å². The van der Waals surface area contributed by atoms with Gasteiger partial charge in [0.15, 0.2) is 6.61 Å². The van der Waals surface area contributed by atoms with Gasteiger partial charge in [0.1, 0.15) is 5.57 Å². The van der Waals surface area contributed by atoms with Crippen molar-refractivity contribution in [2.24, 2.45) is 0 Å². The van der Waals surface area contributed by atoms with Crippen LogP contribution in [0, 0.1) is 5.41 Å². The zero-order valence-corrected chi connectivity index (χ0v) is 6.88. The van der Waals surface area contributed by atoms with Crippen molar-refractivity contribution in [3.63, 3.8) is 0 Å². The number of hydrogen-bond donors (Lipinski definition) is 2. The minimum absolute atomic E-state index is 0.430. The number of allylic oxidation sites excluding steroid dienone is 1. The number of aliphatic carboxylic acids is 1. The molecule has 0 aliphatic carbocycles. The minimum atomic E-state index is -2.72. The van der Waals surface area contributed by atoms with E-state index in [1.54, 1.807) is 0 Å². The number of nitrogens with one attached hydrogen (secondary N) is 1. The summed E-state index contributed by atoms with van der Waals surface area (Å²) < 4.78 is 27.4. The van der Waals surface area contributed by atoms with E-state index < -0.39 is 30.5 Å². The van der Waals surface area contributed by atoms with Crippen molar-refractivity contribution in [3.05, 3.63) is 11.6 Å². The van der Waals surface area contributed by atoms with Gasteiger partial charge >= 0.3 is 5.97 Å². The lowest BCUT2D eigenvalue weighted by molar-refractivity contribution is -0.132. The number of rotatable bonds is 4. The Morgan fingerprint density at radius 1 is 1.69 bits per heavy atom. The Balaban J connectivity index is 4.17. The van der Waals surface area contributed by atoms with Crippen LogP contribution in [0.25, 0.3) is 0 Å². The Hall–Kier alpha value is -1.46. The lowest BCUT2D eigenvalue weighted by Crippen LogP contribution is -2.17. The van der Waals surface area contributed by atoms with Crippen molar-refractivity contribution in [3.8, 4) is 0 Å². The fourth-order valence-corrected chi connectivity index (χ4v) is 0.576. The van der Waals surface area contributed by atoms with E-state index in [1.807, 2.05) is 0 Å². The maximum absolute atomic E-state index is 11.6. The van der Waals surface area contributed by atoms with Crippen LogP contribution < -0.4 is 0 Å². The van der Waals surface area contributed by atoms with Crippen LogP contribution in [0.15, 0.2) is 11.6 Å². The first-order valence-corrected chi connectivity index (χ1v) is 3.38. The van der Waals surface area contributed by atoms with Crippen molar-refractivity contribution in [2.45, 2.75) is 13.3 Å². The first-order chi connectivity index (χ1) is 5.99. The maximum Gasteiger partial charge on any atom is 0.340 e. The molecule has 2 N–H and O–H groups in total.